The topological polar surface area (TPSA) is 29.5 Å². The maximum atomic E-state index is 12.4. The summed E-state index contributed by atoms with van der Waals surface area (Å²) in [6.07, 6.45) is 16.0. The summed E-state index contributed by atoms with van der Waals surface area (Å²) in [5.74, 6) is 1.21. The van der Waals surface area contributed by atoms with Crippen LogP contribution >= 0.6 is 0 Å². The van der Waals surface area contributed by atoms with Crippen LogP contribution in [0.15, 0.2) is 115 Å². The molecule has 0 heterocycles. The average molecular weight is 572 g/mol. The summed E-state index contributed by atoms with van der Waals surface area (Å²) in [6, 6.07) is 37.5. The molecule has 1 fully saturated rings. The van der Waals surface area contributed by atoms with Gasteiger partial charge in [-0.05, 0) is 78.1 Å². The van der Waals surface area contributed by atoms with Crippen molar-refractivity contribution in [1.82, 2.24) is 0 Å². The van der Waals surface area contributed by atoms with E-state index in [1.807, 2.05) is 0 Å². The largest absolute Gasteiger partial charge is 0.465 e. The molecule has 0 saturated heterocycles. The van der Waals surface area contributed by atoms with E-state index in [1.54, 1.807) is 0 Å². The molecule has 6 rings (SSSR count). The van der Waals surface area contributed by atoms with Crippen LogP contribution in [0.3, 0.4) is 0 Å². The Balaban J connectivity index is 1.03. The highest BCUT2D eigenvalue weighted by atomic mass is 16.5. The van der Waals surface area contributed by atoms with Gasteiger partial charge in [0.1, 0.15) is 0 Å². The third kappa shape index (κ3) is 7.21. The Morgan fingerprint density at radius 1 is 0.674 bits per heavy atom. The molecule has 4 unspecified atom stereocenters. The number of allylic oxidation sites excluding steroid dienone is 2. The molecule has 0 radical (unpaired) electrons. The van der Waals surface area contributed by atoms with Gasteiger partial charge in [0.05, 0.1) is 18.6 Å². The first-order valence-electron chi connectivity index (χ1n) is 16.5. The third-order valence-electron chi connectivity index (χ3n) is 9.51. The summed E-state index contributed by atoms with van der Waals surface area (Å²) in [5, 5.41) is 2.63. The van der Waals surface area contributed by atoms with Crippen molar-refractivity contribution in [3.63, 3.8) is 0 Å². The Kier molecular flexibility index (Phi) is 9.89. The van der Waals surface area contributed by atoms with Crippen LogP contribution in [0.1, 0.15) is 75.8 Å². The predicted molar refractivity (Wildman–Crippen MR) is 178 cm³/mol. The van der Waals surface area contributed by atoms with Crippen LogP contribution < -0.4 is 4.90 Å². The fourth-order valence-electron chi connectivity index (χ4n) is 7.31. The number of hydrogen-bond donors (Lipinski definition) is 0. The molecule has 3 nitrogen and oxygen atoms in total. The lowest BCUT2D eigenvalue weighted by Crippen LogP contribution is -2.24. The lowest BCUT2D eigenvalue weighted by molar-refractivity contribution is -0.149. The number of ether oxygens (including phenoxy) is 1. The molecule has 4 aromatic rings. The molecular formula is C40H45NO2. The Bertz CT molecular complexity index is 1440. The second kappa shape index (κ2) is 14.6. The molecule has 4 aromatic carbocycles. The second-order valence-electron chi connectivity index (χ2n) is 12.4. The van der Waals surface area contributed by atoms with Gasteiger partial charge >= 0.3 is 5.97 Å². The number of hydrogen-bond acceptors (Lipinski definition) is 3. The van der Waals surface area contributed by atoms with Gasteiger partial charge in [-0.1, -0.05) is 130 Å². The zero-order valence-corrected chi connectivity index (χ0v) is 25.3. The van der Waals surface area contributed by atoms with Crippen molar-refractivity contribution in [3.8, 4) is 0 Å². The number of carbonyl (C=O) groups is 1. The zero-order chi connectivity index (χ0) is 29.3. The summed E-state index contributed by atoms with van der Waals surface area (Å²) >= 11 is 0. The Morgan fingerprint density at radius 2 is 1.30 bits per heavy atom. The molecule has 2 bridgehead atoms. The first-order valence-corrected chi connectivity index (χ1v) is 16.5. The number of nitrogens with zero attached hydrogens (tertiary/aromatic N) is 1. The first kappa shape index (κ1) is 29.2. The molecular weight excluding hydrogens is 526 g/mol. The number of para-hydroxylation sites is 2. The second-order valence-corrected chi connectivity index (χ2v) is 12.4. The standard InChI is InChI=1S/C40H45NO2/c42-40(38-30-31-26-27-33(38)29-31)43-28-15-5-3-1-2-4-12-25-39(37-24-16-18-32-17-13-14-23-36(32)37)41(34-19-8-6-9-20-34)35-21-10-7-11-22-35/h6-11,13-14,16-24,26-27,31,33,38-39H,1-5,12,15,25,28-30H2. The van der Waals surface area contributed by atoms with E-state index in [2.05, 4.69) is 120 Å². The van der Waals surface area contributed by atoms with Crippen LogP contribution in [0.4, 0.5) is 11.4 Å². The lowest BCUT2D eigenvalue weighted by atomic mass is 9.92. The SMILES string of the molecule is O=C(OCCCCCCCCCC(c1cccc2ccccc12)N(c1ccccc1)c1ccccc1)C1CC2C=CC1C2. The monoisotopic (exact) mass is 571 g/mol. The number of anilines is 2. The van der Waals surface area contributed by atoms with Gasteiger partial charge in [0.15, 0.2) is 0 Å². The van der Waals surface area contributed by atoms with Crippen LogP contribution in [-0.2, 0) is 9.53 Å². The van der Waals surface area contributed by atoms with Gasteiger partial charge in [-0.15, -0.1) is 0 Å². The van der Waals surface area contributed by atoms with E-state index in [9.17, 15) is 4.79 Å². The first-order chi connectivity index (χ1) is 21.3. The fraction of sp³-hybridized carbons (Fsp3) is 0.375. The minimum atomic E-state index is 0.0395. The van der Waals surface area contributed by atoms with Crippen molar-refractivity contribution in [1.29, 1.82) is 0 Å². The molecule has 222 valence electrons. The quantitative estimate of drug-likeness (QED) is 0.0807. The maximum absolute atomic E-state index is 12.4. The Hall–Kier alpha value is -3.85. The molecule has 0 aliphatic heterocycles. The normalized spacial score (nSPS) is 19.5. The highest BCUT2D eigenvalue weighted by Crippen LogP contribution is 2.44. The van der Waals surface area contributed by atoms with Crippen LogP contribution in [-0.4, -0.2) is 12.6 Å². The molecule has 0 spiro atoms. The Morgan fingerprint density at radius 3 is 1.98 bits per heavy atom. The van der Waals surface area contributed by atoms with E-state index in [4.69, 9.17) is 4.74 Å². The van der Waals surface area contributed by atoms with Crippen molar-refractivity contribution in [2.24, 2.45) is 17.8 Å². The highest BCUT2D eigenvalue weighted by Gasteiger charge is 2.40. The molecule has 0 aromatic heterocycles. The minimum absolute atomic E-state index is 0.0395. The Labute approximate surface area is 257 Å². The van der Waals surface area contributed by atoms with E-state index in [0.717, 1.165) is 32.1 Å². The van der Waals surface area contributed by atoms with Crippen molar-refractivity contribution in [2.75, 3.05) is 11.5 Å². The highest BCUT2D eigenvalue weighted by molar-refractivity contribution is 5.87. The van der Waals surface area contributed by atoms with E-state index in [-0.39, 0.29) is 17.9 Å². The molecule has 4 atom stereocenters. The summed E-state index contributed by atoms with van der Waals surface area (Å²) < 4.78 is 5.64. The van der Waals surface area contributed by atoms with Gasteiger partial charge in [-0.25, -0.2) is 0 Å². The molecule has 2 aliphatic carbocycles. The zero-order valence-electron chi connectivity index (χ0n) is 25.3. The number of fused-ring (bicyclic) bond motifs is 3. The van der Waals surface area contributed by atoms with E-state index >= 15 is 0 Å². The van der Waals surface area contributed by atoms with Gasteiger partial charge < -0.3 is 9.64 Å². The minimum Gasteiger partial charge on any atom is -0.465 e. The summed E-state index contributed by atoms with van der Waals surface area (Å²) in [7, 11) is 0. The van der Waals surface area contributed by atoms with E-state index < -0.39 is 0 Å². The van der Waals surface area contributed by atoms with Gasteiger partial charge in [0.2, 0.25) is 0 Å². The van der Waals surface area contributed by atoms with Crippen LogP contribution in [0.2, 0.25) is 0 Å². The summed E-state index contributed by atoms with van der Waals surface area (Å²) in [6.45, 7) is 0.581. The maximum Gasteiger partial charge on any atom is 0.309 e. The lowest BCUT2D eigenvalue weighted by Gasteiger charge is -2.35. The predicted octanol–water partition coefficient (Wildman–Crippen LogP) is 10.6. The van der Waals surface area contributed by atoms with E-state index in [1.165, 1.54) is 59.8 Å². The van der Waals surface area contributed by atoms with Gasteiger partial charge in [-0.2, -0.15) is 0 Å². The van der Waals surface area contributed by atoms with Crippen molar-refractivity contribution in [3.05, 3.63) is 121 Å². The molecule has 0 N–H and O–H groups in total. The van der Waals surface area contributed by atoms with Crippen molar-refractivity contribution < 1.29 is 9.53 Å². The molecule has 2 aliphatic rings. The summed E-state index contributed by atoms with van der Waals surface area (Å²) in [5.41, 5.74) is 3.84. The van der Waals surface area contributed by atoms with Crippen molar-refractivity contribution >= 4 is 28.1 Å². The number of unbranched alkanes of at least 4 members (excludes halogenated alkanes) is 6. The fourth-order valence-corrected chi connectivity index (χ4v) is 7.31. The smallest absolute Gasteiger partial charge is 0.309 e. The van der Waals surface area contributed by atoms with Crippen LogP contribution in [0.25, 0.3) is 10.8 Å². The van der Waals surface area contributed by atoms with Crippen LogP contribution in [0, 0.1) is 17.8 Å². The van der Waals surface area contributed by atoms with E-state index in [0.29, 0.717) is 18.4 Å². The van der Waals surface area contributed by atoms with Gasteiger partial charge in [0, 0.05) is 11.4 Å². The summed E-state index contributed by atoms with van der Waals surface area (Å²) in [4.78, 5) is 15.0. The number of carbonyl (C=O) groups excluding carboxylic acids is 1. The number of esters is 1. The number of benzene rings is 4. The molecule has 1 saturated carbocycles. The van der Waals surface area contributed by atoms with Gasteiger partial charge in [0.25, 0.3) is 0 Å². The van der Waals surface area contributed by atoms with Crippen LogP contribution in [0.5, 0.6) is 0 Å². The molecule has 43 heavy (non-hydrogen) atoms. The van der Waals surface area contributed by atoms with Crippen molar-refractivity contribution in [2.45, 2.75) is 70.3 Å². The molecule has 3 heteroatoms. The molecule has 0 amide bonds. The van der Waals surface area contributed by atoms with Gasteiger partial charge in [-0.3, -0.25) is 4.79 Å². The number of rotatable bonds is 15. The average Bonchev–Trinajstić information content (AvgIpc) is 3.70. The third-order valence-corrected chi connectivity index (χ3v) is 9.51.